The summed E-state index contributed by atoms with van der Waals surface area (Å²) in [4.78, 5) is 12.1. The van der Waals surface area contributed by atoms with Gasteiger partial charge in [-0.15, -0.1) is 0 Å². The van der Waals surface area contributed by atoms with Crippen molar-refractivity contribution in [2.45, 2.75) is 13.1 Å². The number of benzene rings is 2. The number of aromatic hydroxyl groups is 1. The van der Waals surface area contributed by atoms with Crippen LogP contribution in [-0.4, -0.2) is 11.0 Å². The second kappa shape index (κ2) is 5.71. The number of halogens is 3. The van der Waals surface area contributed by atoms with Gasteiger partial charge in [0, 0.05) is 5.56 Å². The van der Waals surface area contributed by atoms with Crippen molar-refractivity contribution in [2.75, 3.05) is 16.8 Å². The van der Waals surface area contributed by atoms with Crippen molar-refractivity contribution >= 4 is 23.0 Å². The van der Waals surface area contributed by atoms with Crippen molar-refractivity contribution in [3.05, 3.63) is 47.0 Å². The Kier molecular flexibility index (Phi) is 4.09. The van der Waals surface area contributed by atoms with Crippen molar-refractivity contribution in [2.24, 2.45) is 0 Å². The van der Waals surface area contributed by atoms with Gasteiger partial charge in [-0.25, -0.2) is 0 Å². The summed E-state index contributed by atoms with van der Waals surface area (Å²) < 4.78 is 37.5. The molecule has 2 aromatic rings. The highest BCUT2D eigenvalue weighted by atomic mass is 19.4. The molecule has 2 aromatic carbocycles. The standard InChI is InChI=1S/C15H14F3N3O2/c1-7-6-10(19)13(22)12(11(7)20)21-14(23)8-2-4-9(5-3-8)15(16,17)18/h2-6,22H,19-20H2,1H3,(H,21,23). The minimum Gasteiger partial charge on any atom is -0.504 e. The topological polar surface area (TPSA) is 101 Å². The predicted octanol–water partition coefficient (Wildman–Crippen LogP) is 3.14. The summed E-state index contributed by atoms with van der Waals surface area (Å²) in [7, 11) is 0. The zero-order valence-electron chi connectivity index (χ0n) is 12.0. The van der Waals surface area contributed by atoms with E-state index in [0.717, 1.165) is 24.3 Å². The second-order valence-electron chi connectivity index (χ2n) is 4.95. The van der Waals surface area contributed by atoms with Crippen molar-refractivity contribution in [3.63, 3.8) is 0 Å². The van der Waals surface area contributed by atoms with E-state index < -0.39 is 23.4 Å². The van der Waals surface area contributed by atoms with E-state index in [1.165, 1.54) is 6.07 Å². The Morgan fingerprint density at radius 2 is 1.74 bits per heavy atom. The molecule has 1 amide bonds. The van der Waals surface area contributed by atoms with E-state index in [2.05, 4.69) is 5.32 Å². The van der Waals surface area contributed by atoms with Gasteiger partial charge in [-0.3, -0.25) is 4.79 Å². The molecule has 8 heteroatoms. The van der Waals surface area contributed by atoms with Crippen LogP contribution in [0.3, 0.4) is 0 Å². The number of nitrogen functional groups attached to an aromatic ring is 2. The first kappa shape index (κ1) is 16.5. The minimum atomic E-state index is -4.48. The molecule has 0 saturated carbocycles. The fourth-order valence-corrected chi connectivity index (χ4v) is 1.97. The van der Waals surface area contributed by atoms with Crippen molar-refractivity contribution < 1.29 is 23.1 Å². The smallest absolute Gasteiger partial charge is 0.416 e. The number of rotatable bonds is 2. The SMILES string of the molecule is Cc1cc(N)c(O)c(NC(=O)c2ccc(C(F)(F)F)cc2)c1N. The third kappa shape index (κ3) is 3.31. The van der Waals surface area contributed by atoms with Gasteiger partial charge in [0.05, 0.1) is 16.9 Å². The lowest BCUT2D eigenvalue weighted by atomic mass is 10.1. The van der Waals surface area contributed by atoms with E-state index in [1.807, 2.05) is 0 Å². The van der Waals surface area contributed by atoms with Crippen LogP contribution in [0.1, 0.15) is 21.5 Å². The summed E-state index contributed by atoms with van der Waals surface area (Å²) in [5.41, 5.74) is 11.1. The Morgan fingerprint density at radius 3 is 2.26 bits per heavy atom. The highest BCUT2D eigenvalue weighted by molar-refractivity contribution is 6.07. The molecule has 0 spiro atoms. The molecule has 0 radical (unpaired) electrons. The summed E-state index contributed by atoms with van der Waals surface area (Å²) in [5, 5.41) is 12.2. The van der Waals surface area contributed by atoms with Gasteiger partial charge >= 0.3 is 6.18 Å². The summed E-state index contributed by atoms with van der Waals surface area (Å²) >= 11 is 0. The van der Waals surface area contributed by atoms with Crippen molar-refractivity contribution in [3.8, 4) is 5.75 Å². The lowest BCUT2D eigenvalue weighted by Crippen LogP contribution is -2.15. The zero-order chi connectivity index (χ0) is 17.4. The molecule has 0 aliphatic rings. The van der Waals surface area contributed by atoms with E-state index >= 15 is 0 Å². The Morgan fingerprint density at radius 1 is 1.17 bits per heavy atom. The van der Waals surface area contributed by atoms with Gasteiger partial charge in [0.2, 0.25) is 0 Å². The lowest BCUT2D eigenvalue weighted by Gasteiger charge is -2.14. The molecule has 0 bridgehead atoms. The van der Waals surface area contributed by atoms with Crippen LogP contribution in [0.2, 0.25) is 0 Å². The quantitative estimate of drug-likeness (QED) is 0.503. The largest absolute Gasteiger partial charge is 0.504 e. The molecule has 0 unspecified atom stereocenters. The first-order valence-corrected chi connectivity index (χ1v) is 6.47. The van der Waals surface area contributed by atoms with Gasteiger partial charge in [-0.05, 0) is 42.8 Å². The fourth-order valence-electron chi connectivity index (χ4n) is 1.97. The molecule has 5 nitrogen and oxygen atoms in total. The number of phenols is 1. The number of hydrogen-bond acceptors (Lipinski definition) is 4. The van der Waals surface area contributed by atoms with Crippen LogP contribution in [0.5, 0.6) is 5.75 Å². The summed E-state index contributed by atoms with van der Waals surface area (Å²) in [5.74, 6) is -1.11. The normalized spacial score (nSPS) is 11.3. The number of amides is 1. The number of nitrogens with one attached hydrogen (secondary N) is 1. The first-order valence-electron chi connectivity index (χ1n) is 6.47. The Hall–Kier alpha value is -2.90. The molecule has 0 heterocycles. The van der Waals surface area contributed by atoms with Crippen LogP contribution in [0, 0.1) is 6.92 Å². The zero-order valence-corrected chi connectivity index (χ0v) is 12.0. The number of carbonyl (C=O) groups excluding carboxylic acids is 1. The van der Waals surface area contributed by atoms with Gasteiger partial charge in [0.15, 0.2) is 5.75 Å². The molecular formula is C15H14F3N3O2. The van der Waals surface area contributed by atoms with E-state index in [0.29, 0.717) is 5.56 Å². The predicted molar refractivity (Wildman–Crippen MR) is 81.1 cm³/mol. The molecule has 0 atom stereocenters. The van der Waals surface area contributed by atoms with Gasteiger partial charge in [0.1, 0.15) is 5.69 Å². The molecule has 2 rings (SSSR count). The van der Waals surface area contributed by atoms with Crippen LogP contribution >= 0.6 is 0 Å². The Balaban J connectivity index is 2.30. The van der Waals surface area contributed by atoms with Crippen LogP contribution in [0.25, 0.3) is 0 Å². The molecule has 0 aliphatic heterocycles. The van der Waals surface area contributed by atoms with Crippen LogP contribution < -0.4 is 16.8 Å². The second-order valence-corrected chi connectivity index (χ2v) is 4.95. The molecular weight excluding hydrogens is 311 g/mol. The maximum Gasteiger partial charge on any atom is 0.416 e. The third-order valence-electron chi connectivity index (χ3n) is 3.29. The molecule has 6 N–H and O–H groups in total. The number of hydrogen-bond donors (Lipinski definition) is 4. The Labute approximate surface area is 129 Å². The average molecular weight is 325 g/mol. The molecule has 23 heavy (non-hydrogen) atoms. The maximum absolute atomic E-state index is 12.5. The summed E-state index contributed by atoms with van der Waals surface area (Å²) in [6.45, 7) is 1.64. The molecule has 0 aliphatic carbocycles. The van der Waals surface area contributed by atoms with Gasteiger partial charge in [-0.1, -0.05) is 0 Å². The number of phenolic OH excluding ortho intramolecular Hbond substituents is 1. The van der Waals surface area contributed by atoms with Crippen molar-refractivity contribution in [1.82, 2.24) is 0 Å². The number of nitrogens with two attached hydrogens (primary N) is 2. The number of carbonyl (C=O) groups is 1. The highest BCUT2D eigenvalue weighted by Crippen LogP contribution is 2.38. The average Bonchev–Trinajstić information content (AvgIpc) is 2.48. The van der Waals surface area contributed by atoms with E-state index in [4.69, 9.17) is 11.5 Å². The van der Waals surface area contributed by atoms with Gasteiger partial charge in [-0.2, -0.15) is 13.2 Å². The lowest BCUT2D eigenvalue weighted by molar-refractivity contribution is -0.137. The highest BCUT2D eigenvalue weighted by Gasteiger charge is 2.30. The van der Waals surface area contributed by atoms with Crippen molar-refractivity contribution in [1.29, 1.82) is 0 Å². The summed E-state index contributed by atoms with van der Waals surface area (Å²) in [6.07, 6.45) is -4.48. The third-order valence-corrected chi connectivity index (χ3v) is 3.29. The molecule has 0 saturated heterocycles. The number of alkyl halides is 3. The van der Waals surface area contributed by atoms with Gasteiger partial charge in [0.25, 0.3) is 5.91 Å². The molecule has 0 aromatic heterocycles. The molecule has 122 valence electrons. The fraction of sp³-hybridized carbons (Fsp3) is 0.133. The first-order chi connectivity index (χ1) is 10.6. The molecule has 0 fully saturated rings. The van der Waals surface area contributed by atoms with E-state index in [1.54, 1.807) is 6.92 Å². The minimum absolute atomic E-state index is 0.0168. The number of aryl methyl sites for hydroxylation is 1. The van der Waals surface area contributed by atoms with Crippen LogP contribution in [0.4, 0.5) is 30.2 Å². The monoisotopic (exact) mass is 325 g/mol. The number of anilines is 3. The maximum atomic E-state index is 12.5. The van der Waals surface area contributed by atoms with Crippen LogP contribution in [0.15, 0.2) is 30.3 Å². The van der Waals surface area contributed by atoms with Crippen LogP contribution in [-0.2, 0) is 6.18 Å². The van der Waals surface area contributed by atoms with E-state index in [9.17, 15) is 23.1 Å². The summed E-state index contributed by atoms with van der Waals surface area (Å²) in [6, 6.07) is 5.10. The van der Waals surface area contributed by atoms with Gasteiger partial charge < -0.3 is 21.9 Å². The van der Waals surface area contributed by atoms with E-state index in [-0.39, 0.29) is 22.6 Å². The Bertz CT molecular complexity index is 730.